The zero-order valence-electron chi connectivity index (χ0n) is 27.7. The van der Waals surface area contributed by atoms with Gasteiger partial charge in [-0.15, -0.1) is 11.3 Å². The zero-order chi connectivity index (χ0) is 34.0. The van der Waals surface area contributed by atoms with Crippen molar-refractivity contribution in [3.8, 4) is 32.0 Å². The van der Waals surface area contributed by atoms with Crippen molar-refractivity contribution in [2.75, 3.05) is 0 Å². The van der Waals surface area contributed by atoms with Gasteiger partial charge in [-0.2, -0.15) is 0 Å². The number of hydrogen-bond acceptors (Lipinski definition) is 4. The van der Waals surface area contributed by atoms with Crippen LogP contribution in [0.3, 0.4) is 0 Å². The van der Waals surface area contributed by atoms with Gasteiger partial charge in [0.05, 0.1) is 33.9 Å². The molecule has 2 aromatic carbocycles. The summed E-state index contributed by atoms with van der Waals surface area (Å²) in [5.74, 6) is -0.958. The zero-order valence-corrected chi connectivity index (χ0v) is 28.6. The minimum Gasteiger partial charge on any atom is -0.478 e. The van der Waals surface area contributed by atoms with E-state index in [0.29, 0.717) is 0 Å². The van der Waals surface area contributed by atoms with Crippen molar-refractivity contribution in [1.82, 2.24) is 19.9 Å². The molecule has 4 aromatic heterocycles. The van der Waals surface area contributed by atoms with E-state index < -0.39 is 5.97 Å². The van der Waals surface area contributed by atoms with Gasteiger partial charge >= 0.3 is 5.97 Å². The fourth-order valence-corrected chi connectivity index (χ4v) is 7.64. The van der Waals surface area contributed by atoms with Gasteiger partial charge in [-0.3, -0.25) is 0 Å². The lowest BCUT2D eigenvalue weighted by Gasteiger charge is -2.07. The van der Waals surface area contributed by atoms with E-state index in [4.69, 9.17) is 9.97 Å². The Labute approximate surface area is 294 Å². The number of aryl methyl sites for hydroxylation is 1. The van der Waals surface area contributed by atoms with Gasteiger partial charge in [0, 0.05) is 37.4 Å². The number of hydrogen-bond donors (Lipinski definition) is 3. The summed E-state index contributed by atoms with van der Waals surface area (Å²) in [6, 6.07) is 32.8. The molecule has 7 heteroatoms. The van der Waals surface area contributed by atoms with E-state index in [1.807, 2.05) is 60.7 Å². The fraction of sp³-hybridized carbons (Fsp3) is 0.140. The molecule has 3 N–H and O–H groups in total. The third kappa shape index (κ3) is 6.60. The molecule has 0 amide bonds. The summed E-state index contributed by atoms with van der Waals surface area (Å²) in [6.07, 6.45) is 14.3. The molecule has 6 heterocycles. The number of carboxylic acids is 1. The number of nitrogens with zero attached hydrogens (tertiary/aromatic N) is 2. The van der Waals surface area contributed by atoms with Crippen molar-refractivity contribution in [2.24, 2.45) is 0 Å². The molecule has 0 saturated carbocycles. The first kappa shape index (κ1) is 31.5. The topological polar surface area (TPSA) is 94.7 Å². The van der Waals surface area contributed by atoms with Crippen LogP contribution in [0, 0.1) is 0 Å². The summed E-state index contributed by atoms with van der Waals surface area (Å²) in [5, 5.41) is 9.64. The number of carboxylic acid groups (broad SMARTS) is 1. The molecule has 8 bridgehead atoms. The molecule has 2 aliphatic heterocycles. The Morgan fingerprint density at radius 3 is 2.04 bits per heavy atom. The van der Waals surface area contributed by atoms with Crippen LogP contribution in [0.2, 0.25) is 0 Å². The monoisotopic (exact) mass is 672 g/mol. The van der Waals surface area contributed by atoms with Crippen LogP contribution < -0.4 is 0 Å². The number of rotatable bonds is 9. The number of benzene rings is 2. The highest BCUT2D eigenvalue weighted by Gasteiger charge is 2.17. The first-order chi connectivity index (χ1) is 24.5. The van der Waals surface area contributed by atoms with Gasteiger partial charge in [0.25, 0.3) is 0 Å². The van der Waals surface area contributed by atoms with Crippen molar-refractivity contribution < 1.29 is 9.90 Å². The van der Waals surface area contributed by atoms with Crippen LogP contribution in [0.25, 0.3) is 78.4 Å². The second kappa shape index (κ2) is 13.6. The molecule has 50 heavy (non-hydrogen) atoms. The molecule has 0 saturated heterocycles. The lowest BCUT2D eigenvalue weighted by molar-refractivity contribution is 0.0697. The molecule has 8 rings (SSSR count). The molecular weight excluding hydrogens is 637 g/mol. The van der Waals surface area contributed by atoms with E-state index in [-0.39, 0.29) is 5.56 Å². The van der Waals surface area contributed by atoms with E-state index in [1.54, 1.807) is 23.5 Å². The molecule has 0 radical (unpaired) electrons. The molecule has 0 unspecified atom stereocenters. The highest BCUT2D eigenvalue weighted by atomic mass is 32.1. The summed E-state index contributed by atoms with van der Waals surface area (Å²) in [4.78, 5) is 31.2. The molecule has 2 aliphatic rings. The Hall–Kier alpha value is -5.79. The maximum absolute atomic E-state index is 11.8. The highest BCUT2D eigenvalue weighted by Crippen LogP contribution is 2.41. The minimum absolute atomic E-state index is 0.236. The number of aromatic nitrogens is 4. The van der Waals surface area contributed by atoms with Crippen LogP contribution >= 0.6 is 11.3 Å². The second-order valence-corrected chi connectivity index (χ2v) is 13.9. The number of H-pyrrole nitrogens is 2. The van der Waals surface area contributed by atoms with Crippen molar-refractivity contribution in [3.05, 3.63) is 131 Å². The summed E-state index contributed by atoms with van der Waals surface area (Å²) in [5.41, 5.74) is 12.7. The normalized spacial score (nSPS) is 12.1. The molecule has 6 nitrogen and oxygen atoms in total. The summed E-state index contributed by atoms with van der Waals surface area (Å²) < 4.78 is 0. The quantitative estimate of drug-likeness (QED) is 0.133. The van der Waals surface area contributed by atoms with Gasteiger partial charge in [0.2, 0.25) is 0 Å². The number of fused-ring (bicyclic) bond motifs is 8. The van der Waals surface area contributed by atoms with E-state index in [0.717, 1.165) is 72.8 Å². The lowest BCUT2D eigenvalue weighted by Crippen LogP contribution is -1.95. The van der Waals surface area contributed by atoms with Crippen LogP contribution in [0.1, 0.15) is 71.3 Å². The highest BCUT2D eigenvalue weighted by molar-refractivity contribution is 7.18. The second-order valence-electron chi connectivity index (χ2n) is 12.8. The number of aromatic amines is 2. The van der Waals surface area contributed by atoms with E-state index >= 15 is 0 Å². The van der Waals surface area contributed by atoms with Gasteiger partial charge < -0.3 is 15.1 Å². The van der Waals surface area contributed by atoms with Crippen molar-refractivity contribution >= 4 is 63.7 Å². The van der Waals surface area contributed by atoms with E-state index in [1.165, 1.54) is 41.7 Å². The number of thiophene rings is 1. The maximum Gasteiger partial charge on any atom is 0.335 e. The first-order valence-corrected chi connectivity index (χ1v) is 18.0. The first-order valence-electron chi connectivity index (χ1n) is 17.1. The van der Waals surface area contributed by atoms with Crippen molar-refractivity contribution in [3.63, 3.8) is 0 Å². The molecule has 0 atom stereocenters. The summed E-state index contributed by atoms with van der Waals surface area (Å²) >= 11 is 1.76. The van der Waals surface area contributed by atoms with Crippen LogP contribution in [0.5, 0.6) is 0 Å². The molecule has 0 spiro atoms. The summed E-state index contributed by atoms with van der Waals surface area (Å²) in [6.45, 7) is 2.25. The minimum atomic E-state index is -0.958. The third-order valence-corrected chi connectivity index (χ3v) is 10.3. The average molecular weight is 673 g/mol. The lowest BCUT2D eigenvalue weighted by atomic mass is 10.00. The Balaban J connectivity index is 1.31. The summed E-state index contributed by atoms with van der Waals surface area (Å²) in [7, 11) is 0. The number of unbranched alkanes of at least 4 members (excludes halogenated alkanes) is 3. The van der Waals surface area contributed by atoms with Gasteiger partial charge in [-0.1, -0.05) is 62.6 Å². The molecule has 246 valence electrons. The fourth-order valence-electron chi connectivity index (χ4n) is 6.60. The van der Waals surface area contributed by atoms with E-state index in [2.05, 4.69) is 65.4 Å². The standard InChI is InChI=1S/C43H36N4O2S/c1-2-3-4-5-6-27-7-9-28(10-8-27)39-21-22-40(50-39)37-26-36-25-34-18-17-32(45-34)23-31-15-16-33(44-31)24-35-19-20-38(46-35)41(42(37)47-36)29-11-13-30(14-12-29)43(48)49/h7-26,44,47H,2-6H2,1H3,(H,48,49). The van der Waals surface area contributed by atoms with Crippen LogP contribution in [0.4, 0.5) is 0 Å². The van der Waals surface area contributed by atoms with E-state index in [9.17, 15) is 9.90 Å². The maximum atomic E-state index is 11.8. The number of aromatic carboxylic acids is 1. The Morgan fingerprint density at radius 2 is 1.32 bits per heavy atom. The number of nitrogens with one attached hydrogen (secondary N) is 2. The van der Waals surface area contributed by atoms with Gasteiger partial charge in [-0.25, -0.2) is 14.8 Å². The molecule has 0 fully saturated rings. The van der Waals surface area contributed by atoms with Crippen LogP contribution in [0.15, 0.2) is 97.1 Å². The Bertz CT molecular complexity index is 2440. The van der Waals surface area contributed by atoms with Crippen molar-refractivity contribution in [2.45, 2.75) is 39.0 Å². The van der Waals surface area contributed by atoms with Crippen LogP contribution in [-0.4, -0.2) is 31.0 Å². The van der Waals surface area contributed by atoms with Gasteiger partial charge in [-0.05, 0) is 114 Å². The van der Waals surface area contributed by atoms with Crippen molar-refractivity contribution in [1.29, 1.82) is 0 Å². The molecule has 0 aliphatic carbocycles. The third-order valence-electron chi connectivity index (χ3n) is 9.18. The Kier molecular flexibility index (Phi) is 8.57. The predicted octanol–water partition coefficient (Wildman–Crippen LogP) is 11.5. The SMILES string of the molecule is CCCCCCc1ccc(-c2ccc(-c3cc4cc5nc(cc6ccc(cc7nc(c(-c8ccc(C(=O)O)cc8)c3[nH]4)C=C7)[nH]6)C=C5)s2)cc1. The van der Waals surface area contributed by atoms with Gasteiger partial charge in [0.1, 0.15) is 0 Å². The largest absolute Gasteiger partial charge is 0.478 e. The molecular formula is C43H36N4O2S. The predicted molar refractivity (Wildman–Crippen MR) is 208 cm³/mol. The Morgan fingerprint density at radius 1 is 0.660 bits per heavy atom. The number of carbonyl (C=O) groups is 1. The van der Waals surface area contributed by atoms with Crippen LogP contribution in [-0.2, 0) is 6.42 Å². The van der Waals surface area contributed by atoms with Gasteiger partial charge in [0.15, 0.2) is 0 Å². The smallest absolute Gasteiger partial charge is 0.335 e. The molecule has 6 aromatic rings. The average Bonchev–Trinajstić information content (AvgIpc) is 3.97.